The number of aromatic nitrogens is 1. The molecule has 2 heterocycles. The quantitative estimate of drug-likeness (QED) is 0.406. The van der Waals surface area contributed by atoms with Crippen LogP contribution in [-0.2, 0) is 4.79 Å². The van der Waals surface area contributed by atoms with Gasteiger partial charge in [0.1, 0.15) is 0 Å². The van der Waals surface area contributed by atoms with Crippen LogP contribution in [0.1, 0.15) is 5.56 Å². The van der Waals surface area contributed by atoms with Crippen molar-refractivity contribution in [1.82, 2.24) is 9.88 Å². The molecular formula is C23H25N3O3S2. The number of hydrogen-bond donors (Lipinski definition) is 0. The minimum absolute atomic E-state index is 0.0170. The molecule has 1 aliphatic rings. The summed E-state index contributed by atoms with van der Waals surface area (Å²) in [6, 6.07) is 11.9. The molecule has 1 fully saturated rings. The van der Waals surface area contributed by atoms with Crippen LogP contribution in [0.4, 0.5) is 5.13 Å². The number of carbonyl (C=O) groups is 1. The number of thiazole rings is 1. The van der Waals surface area contributed by atoms with Crippen molar-refractivity contribution in [2.45, 2.75) is 4.90 Å². The van der Waals surface area contributed by atoms with Crippen LogP contribution in [0.3, 0.4) is 0 Å². The first-order valence-corrected chi connectivity index (χ1v) is 12.0. The Morgan fingerprint density at radius 3 is 2.58 bits per heavy atom. The third kappa shape index (κ3) is 4.65. The predicted molar refractivity (Wildman–Crippen MR) is 129 cm³/mol. The van der Waals surface area contributed by atoms with E-state index in [0.29, 0.717) is 24.6 Å². The van der Waals surface area contributed by atoms with Gasteiger partial charge in [-0.25, -0.2) is 4.98 Å². The van der Waals surface area contributed by atoms with Gasteiger partial charge in [0.2, 0.25) is 5.91 Å². The molecule has 1 amide bonds. The third-order valence-electron chi connectivity index (χ3n) is 5.28. The summed E-state index contributed by atoms with van der Waals surface area (Å²) in [5.74, 6) is 1.33. The summed E-state index contributed by atoms with van der Waals surface area (Å²) in [4.78, 5) is 22.9. The summed E-state index contributed by atoms with van der Waals surface area (Å²) < 4.78 is 11.8. The number of rotatable bonds is 6. The summed E-state index contributed by atoms with van der Waals surface area (Å²) >= 11 is 3.44. The van der Waals surface area contributed by atoms with Crippen molar-refractivity contribution < 1.29 is 14.3 Å². The minimum Gasteiger partial charge on any atom is -0.493 e. The molecule has 1 aliphatic heterocycles. The fourth-order valence-electron chi connectivity index (χ4n) is 3.56. The molecule has 0 unspecified atom stereocenters. The lowest BCUT2D eigenvalue weighted by Gasteiger charge is -2.34. The van der Waals surface area contributed by atoms with Crippen molar-refractivity contribution in [2.24, 2.45) is 0 Å². The summed E-state index contributed by atoms with van der Waals surface area (Å²) in [5.41, 5.74) is 1.97. The monoisotopic (exact) mass is 455 g/mol. The highest BCUT2D eigenvalue weighted by Crippen LogP contribution is 2.34. The fourth-order valence-corrected chi connectivity index (χ4v) is 5.23. The number of methoxy groups -OCH3 is 2. The highest BCUT2D eigenvalue weighted by molar-refractivity contribution is 7.98. The molecule has 1 saturated heterocycles. The van der Waals surface area contributed by atoms with E-state index in [9.17, 15) is 4.79 Å². The van der Waals surface area contributed by atoms with E-state index in [0.717, 1.165) is 29.3 Å². The van der Waals surface area contributed by atoms with Gasteiger partial charge >= 0.3 is 0 Å². The van der Waals surface area contributed by atoms with Crippen molar-refractivity contribution >= 4 is 50.4 Å². The zero-order chi connectivity index (χ0) is 21.8. The zero-order valence-corrected chi connectivity index (χ0v) is 19.5. The molecule has 1 aromatic heterocycles. The summed E-state index contributed by atoms with van der Waals surface area (Å²) in [7, 11) is 3.20. The topological polar surface area (TPSA) is 54.9 Å². The molecule has 2 aromatic carbocycles. The van der Waals surface area contributed by atoms with Gasteiger partial charge in [0.05, 0.1) is 24.4 Å². The van der Waals surface area contributed by atoms with E-state index >= 15 is 0 Å². The van der Waals surface area contributed by atoms with Gasteiger partial charge in [-0.2, -0.15) is 0 Å². The summed E-state index contributed by atoms with van der Waals surface area (Å²) in [5, 5.41) is 1.03. The first kappa shape index (κ1) is 21.5. The third-order valence-corrected chi connectivity index (χ3v) is 7.13. The largest absolute Gasteiger partial charge is 0.493 e. The van der Waals surface area contributed by atoms with E-state index in [-0.39, 0.29) is 5.91 Å². The Labute approximate surface area is 190 Å². The molecule has 0 radical (unpaired) electrons. The smallest absolute Gasteiger partial charge is 0.246 e. The summed E-state index contributed by atoms with van der Waals surface area (Å²) in [6.07, 6.45) is 5.52. The lowest BCUT2D eigenvalue weighted by Crippen LogP contribution is -2.48. The Morgan fingerprint density at radius 1 is 1.10 bits per heavy atom. The van der Waals surface area contributed by atoms with Crippen molar-refractivity contribution in [2.75, 3.05) is 51.6 Å². The molecule has 0 aliphatic carbocycles. The molecule has 0 atom stereocenters. The van der Waals surface area contributed by atoms with Gasteiger partial charge in [-0.15, -0.1) is 11.8 Å². The first-order chi connectivity index (χ1) is 15.1. The van der Waals surface area contributed by atoms with Crippen LogP contribution in [0, 0.1) is 0 Å². The molecule has 3 aromatic rings. The number of thioether (sulfide) groups is 1. The van der Waals surface area contributed by atoms with Crippen LogP contribution in [-0.4, -0.2) is 62.4 Å². The second-order valence-corrected chi connectivity index (χ2v) is 8.92. The molecule has 31 heavy (non-hydrogen) atoms. The van der Waals surface area contributed by atoms with E-state index in [2.05, 4.69) is 29.4 Å². The average molecular weight is 456 g/mol. The van der Waals surface area contributed by atoms with Gasteiger partial charge in [-0.1, -0.05) is 23.5 Å². The normalized spacial score (nSPS) is 14.4. The number of carbonyl (C=O) groups excluding carboxylic acids is 1. The maximum atomic E-state index is 12.7. The highest BCUT2D eigenvalue weighted by Gasteiger charge is 2.22. The average Bonchev–Trinajstić information content (AvgIpc) is 3.27. The fraction of sp³-hybridized carbons (Fsp3) is 0.304. The van der Waals surface area contributed by atoms with E-state index in [1.165, 1.54) is 9.60 Å². The number of piperazine rings is 1. The molecule has 0 bridgehead atoms. The van der Waals surface area contributed by atoms with Gasteiger partial charge in [0, 0.05) is 37.2 Å². The first-order valence-electron chi connectivity index (χ1n) is 10.0. The molecule has 8 heteroatoms. The maximum Gasteiger partial charge on any atom is 0.246 e. The van der Waals surface area contributed by atoms with Crippen molar-refractivity contribution in [1.29, 1.82) is 0 Å². The number of benzene rings is 2. The van der Waals surface area contributed by atoms with Gasteiger partial charge in [0.15, 0.2) is 16.6 Å². The Morgan fingerprint density at radius 2 is 1.87 bits per heavy atom. The predicted octanol–water partition coefficient (Wildman–Crippen LogP) is 4.40. The molecule has 0 saturated carbocycles. The number of hydrogen-bond acceptors (Lipinski definition) is 7. The summed E-state index contributed by atoms with van der Waals surface area (Å²) in [6.45, 7) is 2.93. The number of para-hydroxylation sites is 1. The van der Waals surface area contributed by atoms with Crippen LogP contribution >= 0.6 is 23.1 Å². The molecule has 162 valence electrons. The number of anilines is 1. The SMILES string of the molecule is COc1ccc(/C=C\C(=O)N2CCN(c3nc4c(SC)cccc4s3)CC2)cc1OC. The molecule has 6 nitrogen and oxygen atoms in total. The van der Waals surface area contributed by atoms with E-state index < -0.39 is 0 Å². The number of ether oxygens (including phenoxy) is 2. The van der Waals surface area contributed by atoms with E-state index in [1.54, 1.807) is 43.4 Å². The van der Waals surface area contributed by atoms with Gasteiger partial charge in [-0.3, -0.25) is 4.79 Å². The Kier molecular flexibility index (Phi) is 6.67. The van der Waals surface area contributed by atoms with Crippen LogP contribution in [0.15, 0.2) is 47.4 Å². The van der Waals surface area contributed by atoms with Crippen molar-refractivity contribution in [3.63, 3.8) is 0 Å². The van der Waals surface area contributed by atoms with Crippen LogP contribution < -0.4 is 14.4 Å². The Bertz CT molecular complexity index is 1100. The molecule has 4 rings (SSSR count). The second kappa shape index (κ2) is 9.62. The van der Waals surface area contributed by atoms with Crippen LogP contribution in [0.5, 0.6) is 11.5 Å². The number of amides is 1. The van der Waals surface area contributed by atoms with Gasteiger partial charge in [0.25, 0.3) is 0 Å². The maximum absolute atomic E-state index is 12.7. The molecule has 0 N–H and O–H groups in total. The number of fused-ring (bicyclic) bond motifs is 1. The van der Waals surface area contributed by atoms with Gasteiger partial charge < -0.3 is 19.3 Å². The number of nitrogens with zero attached hydrogens (tertiary/aromatic N) is 3. The second-order valence-electron chi connectivity index (χ2n) is 7.06. The van der Waals surface area contributed by atoms with Crippen LogP contribution in [0.25, 0.3) is 16.3 Å². The zero-order valence-electron chi connectivity index (χ0n) is 17.8. The van der Waals surface area contributed by atoms with Crippen LogP contribution in [0.2, 0.25) is 0 Å². The minimum atomic E-state index is 0.0170. The van der Waals surface area contributed by atoms with E-state index in [1.807, 2.05) is 29.2 Å². The lowest BCUT2D eigenvalue weighted by atomic mass is 10.2. The van der Waals surface area contributed by atoms with E-state index in [4.69, 9.17) is 14.5 Å². The standard InChI is InChI=1S/C23H25N3O3S2/c1-28-17-9-7-16(15-18(17)29-2)8-10-21(27)25-11-13-26(14-12-25)23-24-22-19(30-3)5-4-6-20(22)31-23/h4-10,15H,11-14H2,1-3H3/b10-8-. The van der Waals surface area contributed by atoms with Crippen molar-refractivity contribution in [3.05, 3.63) is 48.0 Å². The lowest BCUT2D eigenvalue weighted by molar-refractivity contribution is -0.126. The molecular weight excluding hydrogens is 430 g/mol. The molecule has 0 spiro atoms. The highest BCUT2D eigenvalue weighted by atomic mass is 32.2. The Hall–Kier alpha value is -2.71. The Balaban J connectivity index is 1.38. The van der Waals surface area contributed by atoms with Crippen molar-refractivity contribution in [3.8, 4) is 11.5 Å². The van der Waals surface area contributed by atoms with Gasteiger partial charge in [-0.05, 0) is 42.2 Å².